The van der Waals surface area contributed by atoms with Gasteiger partial charge >= 0.3 is 5.97 Å². The fourth-order valence-electron chi connectivity index (χ4n) is 3.87. The molecule has 2 rings (SSSR count). The quantitative estimate of drug-likeness (QED) is 0.553. The molecule has 5 heteroatoms. The fourth-order valence-corrected chi connectivity index (χ4v) is 3.87. The zero-order chi connectivity index (χ0) is 14.7. The molecule has 6 atom stereocenters. The van der Waals surface area contributed by atoms with Crippen molar-refractivity contribution in [2.75, 3.05) is 0 Å². The fraction of sp³-hybridized carbons (Fsp3) is 0.929. The van der Waals surface area contributed by atoms with Crippen molar-refractivity contribution in [3.8, 4) is 0 Å². The van der Waals surface area contributed by atoms with Crippen LogP contribution in [0.15, 0.2) is 0 Å². The molecule has 0 amide bonds. The molecule has 1 aliphatic carbocycles. The second-order valence-corrected chi connectivity index (χ2v) is 7.44. The average Bonchev–Trinajstić information content (AvgIpc) is 2.44. The highest BCUT2D eigenvalue weighted by molar-refractivity contribution is 5.77. The molecule has 19 heavy (non-hydrogen) atoms. The molecule has 3 N–H and O–H groups in total. The van der Waals surface area contributed by atoms with Gasteiger partial charge in [0.15, 0.2) is 0 Å². The number of rotatable bonds is 0. The first-order chi connectivity index (χ1) is 8.48. The first kappa shape index (κ1) is 14.8. The van der Waals surface area contributed by atoms with Gasteiger partial charge in [0.25, 0.3) is 0 Å². The lowest BCUT2D eigenvalue weighted by Crippen LogP contribution is -2.61. The maximum Gasteiger partial charge on any atom is 0.312 e. The molecule has 0 radical (unpaired) electrons. The Hall–Kier alpha value is -0.650. The number of ether oxygens (including phenoxy) is 1. The van der Waals surface area contributed by atoms with Crippen LogP contribution in [0.4, 0.5) is 0 Å². The highest BCUT2D eigenvalue weighted by Gasteiger charge is 2.64. The van der Waals surface area contributed by atoms with Crippen molar-refractivity contribution in [2.24, 2.45) is 23.2 Å². The van der Waals surface area contributed by atoms with Crippen LogP contribution in [0.3, 0.4) is 0 Å². The molecule has 0 aromatic rings. The SMILES string of the molecule is CC(C)(C)C1C(O)C(O)C(O)C2C(=O)OC(C)(C)C21. The zero-order valence-corrected chi connectivity index (χ0v) is 12.1. The number of cyclic esters (lactones) is 1. The van der Waals surface area contributed by atoms with Crippen molar-refractivity contribution in [1.82, 2.24) is 0 Å². The van der Waals surface area contributed by atoms with Crippen LogP contribution in [0, 0.1) is 23.2 Å². The molecule has 1 heterocycles. The first-order valence-electron chi connectivity index (χ1n) is 6.75. The standard InChI is InChI=1S/C14H24O5/c1-13(2,3)8-7-6(9(15)11(17)10(8)16)12(18)19-14(7,4)5/h6-11,15-17H,1-5H3. The van der Waals surface area contributed by atoms with Crippen LogP contribution in [-0.4, -0.2) is 45.2 Å². The van der Waals surface area contributed by atoms with E-state index in [1.807, 2.05) is 20.8 Å². The number of esters is 1. The first-order valence-corrected chi connectivity index (χ1v) is 6.75. The molecule has 1 saturated carbocycles. The van der Waals surface area contributed by atoms with E-state index >= 15 is 0 Å². The van der Waals surface area contributed by atoms with E-state index in [-0.39, 0.29) is 17.3 Å². The van der Waals surface area contributed by atoms with E-state index in [1.165, 1.54) is 0 Å². The number of carbonyl (C=O) groups excluding carboxylic acids is 1. The Balaban J connectivity index is 2.51. The average molecular weight is 272 g/mol. The normalized spacial score (nSPS) is 45.8. The number of hydrogen-bond acceptors (Lipinski definition) is 5. The summed E-state index contributed by atoms with van der Waals surface area (Å²) in [6, 6.07) is 0. The predicted octanol–water partition coefficient (Wildman–Crippen LogP) is 0.313. The summed E-state index contributed by atoms with van der Waals surface area (Å²) in [5.41, 5.74) is -1.06. The molecule has 1 aliphatic heterocycles. The summed E-state index contributed by atoms with van der Waals surface area (Å²) in [5.74, 6) is -1.88. The molecule has 0 spiro atoms. The lowest BCUT2D eigenvalue weighted by atomic mass is 9.56. The van der Waals surface area contributed by atoms with Crippen molar-refractivity contribution in [3.05, 3.63) is 0 Å². The lowest BCUT2D eigenvalue weighted by Gasteiger charge is -2.50. The Kier molecular flexibility index (Phi) is 3.24. The molecular formula is C14H24O5. The maximum absolute atomic E-state index is 12.0. The minimum atomic E-state index is -1.31. The summed E-state index contributed by atoms with van der Waals surface area (Å²) in [6.45, 7) is 9.47. The lowest BCUT2D eigenvalue weighted by molar-refractivity contribution is -0.182. The Labute approximate surface area is 113 Å². The molecular weight excluding hydrogens is 248 g/mol. The Morgan fingerprint density at radius 2 is 1.58 bits per heavy atom. The van der Waals surface area contributed by atoms with Gasteiger partial charge in [-0.05, 0) is 25.2 Å². The van der Waals surface area contributed by atoms with Gasteiger partial charge in [-0.15, -0.1) is 0 Å². The third-order valence-corrected chi connectivity index (χ3v) is 4.65. The zero-order valence-electron chi connectivity index (χ0n) is 12.1. The summed E-state index contributed by atoms with van der Waals surface area (Å²) in [4.78, 5) is 12.0. The van der Waals surface area contributed by atoms with Gasteiger partial charge in [0, 0.05) is 5.92 Å². The maximum atomic E-state index is 12.0. The molecule has 0 aromatic carbocycles. The highest BCUT2D eigenvalue weighted by Crippen LogP contribution is 2.53. The van der Waals surface area contributed by atoms with Gasteiger partial charge in [-0.3, -0.25) is 4.79 Å². The van der Waals surface area contributed by atoms with Crippen molar-refractivity contribution >= 4 is 5.97 Å². The van der Waals surface area contributed by atoms with Crippen LogP contribution >= 0.6 is 0 Å². The van der Waals surface area contributed by atoms with Crippen molar-refractivity contribution < 1.29 is 24.9 Å². The Morgan fingerprint density at radius 1 is 1.05 bits per heavy atom. The van der Waals surface area contributed by atoms with Crippen molar-refractivity contribution in [2.45, 2.75) is 58.5 Å². The summed E-state index contributed by atoms with van der Waals surface area (Å²) >= 11 is 0. The molecule has 2 aliphatic rings. The van der Waals surface area contributed by atoms with E-state index in [4.69, 9.17) is 4.74 Å². The van der Waals surface area contributed by atoms with Gasteiger partial charge in [-0.25, -0.2) is 0 Å². The van der Waals surface area contributed by atoms with Crippen LogP contribution in [0.2, 0.25) is 0 Å². The van der Waals surface area contributed by atoms with E-state index in [0.717, 1.165) is 0 Å². The van der Waals surface area contributed by atoms with Gasteiger partial charge in [-0.1, -0.05) is 20.8 Å². The summed E-state index contributed by atoms with van der Waals surface area (Å²) in [7, 11) is 0. The summed E-state index contributed by atoms with van der Waals surface area (Å²) < 4.78 is 5.37. The minimum absolute atomic E-state index is 0.311. The molecule has 0 bridgehead atoms. The smallest absolute Gasteiger partial charge is 0.312 e. The Morgan fingerprint density at radius 3 is 2.05 bits per heavy atom. The molecule has 110 valence electrons. The topological polar surface area (TPSA) is 87.0 Å². The van der Waals surface area contributed by atoms with Crippen LogP contribution in [0.5, 0.6) is 0 Å². The summed E-state index contributed by atoms with van der Waals surface area (Å²) in [5, 5.41) is 30.4. The minimum Gasteiger partial charge on any atom is -0.459 e. The number of carbonyl (C=O) groups is 1. The Bertz CT molecular complexity index is 384. The largest absolute Gasteiger partial charge is 0.459 e. The second kappa shape index (κ2) is 4.17. The van der Waals surface area contributed by atoms with Crippen LogP contribution in [0.25, 0.3) is 0 Å². The van der Waals surface area contributed by atoms with Crippen LogP contribution in [0.1, 0.15) is 34.6 Å². The molecule has 2 fully saturated rings. The van der Waals surface area contributed by atoms with E-state index in [0.29, 0.717) is 0 Å². The van der Waals surface area contributed by atoms with Gasteiger partial charge in [0.05, 0.1) is 18.1 Å². The van der Waals surface area contributed by atoms with E-state index in [1.54, 1.807) is 13.8 Å². The molecule has 0 aromatic heterocycles. The monoisotopic (exact) mass is 272 g/mol. The summed E-state index contributed by atoms with van der Waals surface area (Å²) in [6.07, 6.45) is -3.65. The van der Waals surface area contributed by atoms with Gasteiger partial charge < -0.3 is 20.1 Å². The van der Waals surface area contributed by atoms with E-state index in [9.17, 15) is 20.1 Å². The highest BCUT2D eigenvalue weighted by atomic mass is 16.6. The van der Waals surface area contributed by atoms with Crippen LogP contribution in [-0.2, 0) is 9.53 Å². The van der Waals surface area contributed by atoms with Gasteiger partial charge in [0.1, 0.15) is 11.7 Å². The predicted molar refractivity (Wildman–Crippen MR) is 68.1 cm³/mol. The number of aliphatic hydroxyl groups excluding tert-OH is 3. The number of aliphatic hydroxyl groups is 3. The van der Waals surface area contributed by atoms with Crippen molar-refractivity contribution in [1.29, 1.82) is 0 Å². The van der Waals surface area contributed by atoms with Gasteiger partial charge in [0.2, 0.25) is 0 Å². The number of hydrogen-bond donors (Lipinski definition) is 3. The van der Waals surface area contributed by atoms with Gasteiger partial charge in [-0.2, -0.15) is 0 Å². The van der Waals surface area contributed by atoms with Crippen LogP contribution < -0.4 is 0 Å². The van der Waals surface area contributed by atoms with E-state index in [2.05, 4.69) is 0 Å². The third kappa shape index (κ3) is 2.08. The molecule has 5 nitrogen and oxygen atoms in total. The molecule has 6 unspecified atom stereocenters. The number of fused-ring (bicyclic) bond motifs is 1. The third-order valence-electron chi connectivity index (χ3n) is 4.65. The second-order valence-electron chi connectivity index (χ2n) is 7.44. The van der Waals surface area contributed by atoms with Crippen molar-refractivity contribution in [3.63, 3.8) is 0 Å². The molecule has 1 saturated heterocycles. The van der Waals surface area contributed by atoms with E-state index < -0.39 is 35.8 Å².